The van der Waals surface area contributed by atoms with E-state index >= 15 is 0 Å². The predicted molar refractivity (Wildman–Crippen MR) is 94.0 cm³/mol. The van der Waals surface area contributed by atoms with Gasteiger partial charge in [-0.05, 0) is 32.4 Å². The average molecular weight is 357 g/mol. The van der Waals surface area contributed by atoms with Gasteiger partial charge < -0.3 is 19.1 Å². The van der Waals surface area contributed by atoms with Gasteiger partial charge in [-0.15, -0.1) is 5.10 Å². The molecule has 1 amide bonds. The monoisotopic (exact) mass is 357 g/mol. The lowest BCUT2D eigenvalue weighted by molar-refractivity contribution is -0.0171. The molecule has 0 spiro atoms. The van der Waals surface area contributed by atoms with Gasteiger partial charge in [0.25, 0.3) is 5.91 Å². The van der Waals surface area contributed by atoms with Crippen LogP contribution in [0, 0.1) is 19.8 Å². The van der Waals surface area contributed by atoms with Crippen molar-refractivity contribution in [1.29, 1.82) is 0 Å². The molecule has 8 heteroatoms. The molecule has 4 heterocycles. The van der Waals surface area contributed by atoms with Crippen LogP contribution in [0.4, 0.5) is 5.82 Å². The fraction of sp³-hybridized carbons (Fsp3) is 0.556. The van der Waals surface area contributed by atoms with E-state index in [1.807, 2.05) is 24.0 Å². The summed E-state index contributed by atoms with van der Waals surface area (Å²) in [4.78, 5) is 16.7. The van der Waals surface area contributed by atoms with Crippen LogP contribution >= 0.6 is 0 Å². The molecule has 2 aliphatic rings. The zero-order chi connectivity index (χ0) is 18.1. The minimum absolute atomic E-state index is 0.0316. The lowest BCUT2D eigenvalue weighted by Crippen LogP contribution is -2.49. The molecule has 0 bridgehead atoms. The Kier molecular flexibility index (Phi) is 4.58. The summed E-state index contributed by atoms with van der Waals surface area (Å²) in [7, 11) is 0. The molecule has 2 aromatic heterocycles. The minimum atomic E-state index is -0.0885. The number of rotatable bonds is 2. The van der Waals surface area contributed by atoms with Crippen molar-refractivity contribution >= 4 is 11.7 Å². The number of carbonyl (C=O) groups excluding carboxylic acids is 1. The summed E-state index contributed by atoms with van der Waals surface area (Å²) in [6.07, 6.45) is 0.923. The number of aryl methyl sites for hydroxylation is 2. The molecule has 138 valence electrons. The van der Waals surface area contributed by atoms with Crippen LogP contribution in [0.5, 0.6) is 0 Å². The van der Waals surface area contributed by atoms with E-state index in [4.69, 9.17) is 9.26 Å². The van der Waals surface area contributed by atoms with Crippen LogP contribution in [0.25, 0.3) is 0 Å². The van der Waals surface area contributed by atoms with Gasteiger partial charge in [-0.2, -0.15) is 5.10 Å². The Morgan fingerprint density at radius 1 is 1.19 bits per heavy atom. The van der Waals surface area contributed by atoms with Gasteiger partial charge in [-0.1, -0.05) is 5.16 Å². The van der Waals surface area contributed by atoms with Gasteiger partial charge in [0.15, 0.2) is 11.5 Å². The first-order chi connectivity index (χ1) is 12.6. The smallest absolute Gasteiger partial charge is 0.276 e. The number of amides is 1. The molecule has 2 aliphatic heterocycles. The number of nitrogens with zero attached hydrogens (tertiary/aromatic N) is 5. The number of hydrogen-bond donors (Lipinski definition) is 0. The molecular formula is C18H23N5O3. The summed E-state index contributed by atoms with van der Waals surface area (Å²) in [6, 6.07) is 5.67. The van der Waals surface area contributed by atoms with E-state index < -0.39 is 0 Å². The van der Waals surface area contributed by atoms with E-state index in [0.29, 0.717) is 37.1 Å². The highest BCUT2D eigenvalue weighted by Gasteiger charge is 2.36. The number of likely N-dealkylation sites (tertiary alicyclic amines) is 1. The number of carbonyl (C=O) groups is 1. The number of ether oxygens (including phenoxy) is 1. The average Bonchev–Trinajstić information content (AvgIpc) is 2.97. The summed E-state index contributed by atoms with van der Waals surface area (Å²) in [6.45, 7) is 7.26. The van der Waals surface area contributed by atoms with Crippen molar-refractivity contribution < 1.29 is 14.1 Å². The van der Waals surface area contributed by atoms with Gasteiger partial charge in [0, 0.05) is 38.2 Å². The second-order valence-electron chi connectivity index (χ2n) is 7.01. The predicted octanol–water partition coefficient (Wildman–Crippen LogP) is 1.45. The lowest BCUT2D eigenvalue weighted by atomic mass is 9.93. The van der Waals surface area contributed by atoms with Crippen molar-refractivity contribution in [2.45, 2.75) is 26.4 Å². The van der Waals surface area contributed by atoms with E-state index in [2.05, 4.69) is 20.3 Å². The lowest BCUT2D eigenvalue weighted by Gasteiger charge is -2.37. The van der Waals surface area contributed by atoms with Crippen molar-refractivity contribution in [3.63, 3.8) is 0 Å². The van der Waals surface area contributed by atoms with Crippen LogP contribution < -0.4 is 4.90 Å². The molecule has 2 aromatic rings. The maximum atomic E-state index is 12.6. The second-order valence-corrected chi connectivity index (χ2v) is 7.01. The Balaban J connectivity index is 1.43. The van der Waals surface area contributed by atoms with Gasteiger partial charge >= 0.3 is 0 Å². The number of fused-ring (bicyclic) bond motifs is 1. The van der Waals surface area contributed by atoms with Gasteiger partial charge in [0.05, 0.1) is 18.4 Å². The van der Waals surface area contributed by atoms with Crippen molar-refractivity contribution in [2.75, 3.05) is 37.7 Å². The molecule has 2 fully saturated rings. The van der Waals surface area contributed by atoms with E-state index in [1.165, 1.54) is 0 Å². The Labute approximate surface area is 152 Å². The van der Waals surface area contributed by atoms with Crippen molar-refractivity contribution in [2.24, 2.45) is 5.92 Å². The Hall–Kier alpha value is -2.48. The number of piperidine rings is 1. The molecule has 0 radical (unpaired) electrons. The van der Waals surface area contributed by atoms with Crippen LogP contribution in [0.2, 0.25) is 0 Å². The van der Waals surface area contributed by atoms with E-state index in [0.717, 1.165) is 31.0 Å². The number of hydrogen-bond acceptors (Lipinski definition) is 7. The number of anilines is 1. The summed E-state index contributed by atoms with van der Waals surface area (Å²) in [5.74, 6) is 1.80. The van der Waals surface area contributed by atoms with Crippen LogP contribution in [0.15, 0.2) is 22.7 Å². The van der Waals surface area contributed by atoms with Gasteiger partial charge in [0.1, 0.15) is 5.76 Å². The van der Waals surface area contributed by atoms with Crippen LogP contribution in [0.1, 0.15) is 28.4 Å². The molecular weight excluding hydrogens is 334 g/mol. The molecule has 0 aromatic carbocycles. The fourth-order valence-electron chi connectivity index (χ4n) is 3.63. The zero-order valence-electron chi connectivity index (χ0n) is 15.1. The molecule has 0 saturated carbocycles. The largest absolute Gasteiger partial charge is 0.374 e. The molecule has 2 saturated heterocycles. The van der Waals surface area contributed by atoms with Gasteiger partial charge in [-0.3, -0.25) is 4.79 Å². The topological polar surface area (TPSA) is 84.6 Å². The fourth-order valence-corrected chi connectivity index (χ4v) is 3.63. The summed E-state index contributed by atoms with van der Waals surface area (Å²) in [5.41, 5.74) is 1.28. The molecule has 2 atom stereocenters. The Morgan fingerprint density at radius 2 is 2.08 bits per heavy atom. The van der Waals surface area contributed by atoms with E-state index in [-0.39, 0.29) is 12.0 Å². The number of aromatic nitrogens is 3. The van der Waals surface area contributed by atoms with E-state index in [9.17, 15) is 4.79 Å². The minimum Gasteiger partial charge on any atom is -0.374 e. The first-order valence-electron chi connectivity index (χ1n) is 8.99. The molecule has 4 rings (SSSR count). The molecule has 8 nitrogen and oxygen atoms in total. The molecule has 0 aliphatic carbocycles. The SMILES string of the molecule is Cc1ccc(N2CCO[C@@H]3CN(C(=O)c4cc(C)on4)CC[C@@H]3C2)nn1. The first kappa shape index (κ1) is 17.0. The highest BCUT2D eigenvalue weighted by molar-refractivity contribution is 5.92. The van der Waals surface area contributed by atoms with Crippen LogP contribution in [0.3, 0.4) is 0 Å². The van der Waals surface area contributed by atoms with Gasteiger partial charge in [-0.25, -0.2) is 0 Å². The van der Waals surface area contributed by atoms with Crippen LogP contribution in [-0.2, 0) is 4.74 Å². The van der Waals surface area contributed by atoms with Crippen LogP contribution in [-0.4, -0.2) is 65.1 Å². The summed E-state index contributed by atoms with van der Waals surface area (Å²) >= 11 is 0. The van der Waals surface area contributed by atoms with Crippen molar-refractivity contribution in [3.8, 4) is 0 Å². The maximum Gasteiger partial charge on any atom is 0.276 e. The molecule has 0 unspecified atom stereocenters. The maximum absolute atomic E-state index is 12.6. The van der Waals surface area contributed by atoms with Gasteiger partial charge in [0.2, 0.25) is 0 Å². The zero-order valence-corrected chi connectivity index (χ0v) is 15.1. The van der Waals surface area contributed by atoms with E-state index in [1.54, 1.807) is 13.0 Å². The molecule has 26 heavy (non-hydrogen) atoms. The second kappa shape index (κ2) is 7.03. The third kappa shape index (κ3) is 3.41. The summed E-state index contributed by atoms with van der Waals surface area (Å²) < 4.78 is 11.1. The molecule has 0 N–H and O–H groups in total. The first-order valence-corrected chi connectivity index (χ1v) is 8.99. The standard InChI is InChI=1S/C18H23N5O3/c1-12-3-4-17(20-19-12)22-7-8-25-16-11-23(6-5-14(16)10-22)18(24)15-9-13(2)26-21-15/h3-4,9,14,16H,5-8,10-11H2,1-2H3/t14-,16-/m1/s1. The Bertz CT molecular complexity index is 775. The highest BCUT2D eigenvalue weighted by atomic mass is 16.5. The third-order valence-electron chi connectivity index (χ3n) is 5.09. The van der Waals surface area contributed by atoms with Crippen molar-refractivity contribution in [3.05, 3.63) is 35.3 Å². The third-order valence-corrected chi connectivity index (χ3v) is 5.09. The summed E-state index contributed by atoms with van der Waals surface area (Å²) in [5, 5.41) is 12.3. The Morgan fingerprint density at radius 3 is 2.81 bits per heavy atom. The quantitative estimate of drug-likeness (QED) is 0.804. The highest BCUT2D eigenvalue weighted by Crippen LogP contribution is 2.27. The normalized spacial score (nSPS) is 23.5. The van der Waals surface area contributed by atoms with Crippen molar-refractivity contribution in [1.82, 2.24) is 20.3 Å².